The van der Waals surface area contributed by atoms with Crippen molar-refractivity contribution in [3.63, 3.8) is 0 Å². The molecule has 1 heterocycles. The van der Waals surface area contributed by atoms with Crippen LogP contribution in [0, 0.1) is 0 Å². The van der Waals surface area contributed by atoms with Crippen LogP contribution in [0.15, 0.2) is 47.4 Å². The number of para-hydroxylation sites is 1. The van der Waals surface area contributed by atoms with Crippen molar-refractivity contribution in [1.82, 2.24) is 0 Å². The Morgan fingerprint density at radius 2 is 2.04 bits per heavy atom. The van der Waals surface area contributed by atoms with E-state index >= 15 is 0 Å². The smallest absolute Gasteiger partial charge is 0.335 e. The molecule has 0 atom stereocenters. The van der Waals surface area contributed by atoms with Gasteiger partial charge in [0.2, 0.25) is 0 Å². The fraction of sp³-hybridized carbons (Fsp3) is 0.0556. The zero-order chi connectivity index (χ0) is 18.8. The molecule has 0 bridgehead atoms. The summed E-state index contributed by atoms with van der Waals surface area (Å²) in [5.74, 6) is -1.76. The molecular weight excluding hydrogens is 374 g/mol. The Morgan fingerprint density at radius 3 is 2.73 bits per heavy atom. The second-order valence-corrected chi connectivity index (χ2v) is 6.92. The van der Waals surface area contributed by atoms with Gasteiger partial charge < -0.3 is 14.9 Å². The maximum Gasteiger partial charge on any atom is 0.335 e. The highest BCUT2D eigenvalue weighted by molar-refractivity contribution is 8.27. The van der Waals surface area contributed by atoms with E-state index < -0.39 is 17.3 Å². The summed E-state index contributed by atoms with van der Waals surface area (Å²) in [6.45, 7) is 0. The van der Waals surface area contributed by atoms with Crippen molar-refractivity contribution in [1.29, 1.82) is 0 Å². The van der Waals surface area contributed by atoms with Crippen LogP contribution in [0.4, 0.5) is 5.69 Å². The first-order valence-corrected chi connectivity index (χ1v) is 8.60. The number of carbonyl (C=O) groups excluding carboxylic acids is 1. The van der Waals surface area contributed by atoms with Gasteiger partial charge in [0, 0.05) is 5.56 Å². The van der Waals surface area contributed by atoms with Crippen molar-refractivity contribution in [2.24, 2.45) is 0 Å². The summed E-state index contributed by atoms with van der Waals surface area (Å²) in [4.78, 5) is 25.5. The van der Waals surface area contributed by atoms with E-state index in [1.807, 2.05) is 12.1 Å². The molecule has 0 radical (unpaired) electrons. The molecule has 0 unspecified atom stereocenters. The number of hydrogen-bond donors (Lipinski definition) is 1. The van der Waals surface area contributed by atoms with Crippen LogP contribution in [-0.2, 0) is 4.79 Å². The minimum Gasteiger partial charge on any atom is -0.872 e. The predicted octanol–water partition coefficient (Wildman–Crippen LogP) is 2.87. The van der Waals surface area contributed by atoms with Gasteiger partial charge in [-0.1, -0.05) is 54.0 Å². The molecule has 1 amide bonds. The van der Waals surface area contributed by atoms with Crippen molar-refractivity contribution in [2.45, 2.75) is 0 Å². The van der Waals surface area contributed by atoms with Gasteiger partial charge >= 0.3 is 5.97 Å². The molecule has 1 N–H and O–H groups in total. The highest BCUT2D eigenvalue weighted by Crippen LogP contribution is 2.38. The molecule has 0 saturated carbocycles. The fourth-order valence-electron chi connectivity index (χ4n) is 2.44. The number of hydrogen-bond acceptors (Lipinski definition) is 6. The van der Waals surface area contributed by atoms with Crippen LogP contribution < -0.4 is 14.7 Å². The number of thioether (sulfide) groups is 1. The fourth-order valence-corrected chi connectivity index (χ4v) is 3.73. The average molecular weight is 386 g/mol. The lowest BCUT2D eigenvalue weighted by Gasteiger charge is -2.18. The lowest BCUT2D eigenvalue weighted by atomic mass is 10.1. The first-order chi connectivity index (χ1) is 12.4. The molecule has 2 aromatic rings. The molecule has 2 aromatic carbocycles. The third-order valence-corrected chi connectivity index (χ3v) is 4.97. The number of anilines is 1. The van der Waals surface area contributed by atoms with Gasteiger partial charge in [0.25, 0.3) is 5.91 Å². The van der Waals surface area contributed by atoms with Gasteiger partial charge in [-0.05, 0) is 24.3 Å². The number of amides is 1. The van der Waals surface area contributed by atoms with E-state index in [1.54, 1.807) is 18.2 Å². The number of benzene rings is 2. The number of carbonyl (C=O) groups is 2. The first kappa shape index (κ1) is 18.0. The standard InChI is InChI=1S/C18H13NO5S2/c1-24-14-5-3-2-4-10(14)8-15-16(21)19(18(25)26-15)11-6-7-13(20)12(9-11)17(22)23/h2-9,20H,1H3,(H,22,23)/p-1/b15-8-. The Morgan fingerprint density at radius 1 is 1.31 bits per heavy atom. The molecule has 1 aliphatic heterocycles. The summed E-state index contributed by atoms with van der Waals surface area (Å²) in [7, 11) is 1.54. The molecule has 26 heavy (non-hydrogen) atoms. The van der Waals surface area contributed by atoms with Crippen LogP contribution in [0.1, 0.15) is 15.9 Å². The first-order valence-electron chi connectivity index (χ1n) is 7.37. The van der Waals surface area contributed by atoms with Crippen LogP contribution in [0.2, 0.25) is 0 Å². The zero-order valence-corrected chi connectivity index (χ0v) is 15.1. The third-order valence-electron chi connectivity index (χ3n) is 3.67. The van der Waals surface area contributed by atoms with Crippen molar-refractivity contribution in [2.75, 3.05) is 12.0 Å². The molecular formula is C18H12NO5S2-. The third kappa shape index (κ3) is 3.29. The number of methoxy groups -OCH3 is 1. The SMILES string of the molecule is COc1ccccc1/C=C1\SC(=S)N(c2ccc([O-])c(C(=O)O)c2)C1=O. The number of carboxylic acid groups (broad SMARTS) is 1. The summed E-state index contributed by atoms with van der Waals surface area (Å²) in [5, 5.41) is 20.7. The number of aromatic carboxylic acids is 1. The lowest BCUT2D eigenvalue weighted by molar-refractivity contribution is -0.268. The minimum absolute atomic E-state index is 0.243. The Bertz CT molecular complexity index is 954. The zero-order valence-electron chi connectivity index (χ0n) is 13.5. The van der Waals surface area contributed by atoms with Crippen molar-refractivity contribution in [3.05, 3.63) is 58.5 Å². The number of nitrogens with zero attached hydrogens (tertiary/aromatic N) is 1. The molecule has 8 heteroatoms. The molecule has 132 valence electrons. The van der Waals surface area contributed by atoms with Crippen molar-refractivity contribution in [3.8, 4) is 11.5 Å². The average Bonchev–Trinajstić information content (AvgIpc) is 2.89. The van der Waals surface area contributed by atoms with E-state index in [0.29, 0.717) is 10.7 Å². The Balaban J connectivity index is 1.99. The molecule has 1 fully saturated rings. The molecule has 1 aliphatic rings. The maximum atomic E-state index is 12.8. The Labute approximate surface area is 158 Å². The Kier molecular flexibility index (Phi) is 4.97. The van der Waals surface area contributed by atoms with Gasteiger partial charge in [0.05, 0.1) is 23.3 Å². The lowest BCUT2D eigenvalue weighted by Crippen LogP contribution is -2.27. The highest BCUT2D eigenvalue weighted by atomic mass is 32.2. The molecule has 6 nitrogen and oxygen atoms in total. The summed E-state index contributed by atoms with van der Waals surface area (Å²) < 4.78 is 5.53. The maximum absolute atomic E-state index is 12.8. The van der Waals surface area contributed by atoms with E-state index in [4.69, 9.17) is 22.1 Å². The Hall–Kier alpha value is -2.84. The van der Waals surface area contributed by atoms with Crippen LogP contribution in [-0.4, -0.2) is 28.4 Å². The second kappa shape index (κ2) is 7.19. The van der Waals surface area contributed by atoms with E-state index in [9.17, 15) is 14.7 Å². The topological polar surface area (TPSA) is 89.9 Å². The molecule has 1 saturated heterocycles. The van der Waals surface area contributed by atoms with Gasteiger partial charge in [-0.3, -0.25) is 9.69 Å². The summed E-state index contributed by atoms with van der Waals surface area (Å²) in [5.41, 5.74) is 0.551. The van der Waals surface area contributed by atoms with Crippen LogP contribution in [0.25, 0.3) is 6.08 Å². The van der Waals surface area contributed by atoms with E-state index in [2.05, 4.69) is 0 Å². The number of ether oxygens (including phenoxy) is 1. The van der Waals surface area contributed by atoms with Crippen LogP contribution >= 0.6 is 24.0 Å². The molecule has 0 aromatic heterocycles. The summed E-state index contributed by atoms with van der Waals surface area (Å²) in [6.07, 6.45) is 1.66. The van der Waals surface area contributed by atoms with Gasteiger partial charge in [-0.15, -0.1) is 0 Å². The molecule has 3 rings (SSSR count). The summed E-state index contributed by atoms with van der Waals surface area (Å²) >= 11 is 6.36. The van der Waals surface area contributed by atoms with E-state index in [1.165, 1.54) is 18.1 Å². The normalized spacial score (nSPS) is 15.6. The van der Waals surface area contributed by atoms with Crippen molar-refractivity contribution >= 4 is 51.9 Å². The highest BCUT2D eigenvalue weighted by Gasteiger charge is 2.33. The quantitative estimate of drug-likeness (QED) is 0.638. The van der Waals surface area contributed by atoms with E-state index in [-0.39, 0.29) is 15.9 Å². The van der Waals surface area contributed by atoms with E-state index in [0.717, 1.165) is 29.5 Å². The number of thiocarbonyl (C=S) groups is 1. The van der Waals surface area contributed by atoms with Gasteiger partial charge in [0.15, 0.2) is 4.32 Å². The van der Waals surface area contributed by atoms with Gasteiger partial charge in [-0.2, -0.15) is 0 Å². The second-order valence-electron chi connectivity index (χ2n) is 5.24. The number of rotatable bonds is 4. The largest absolute Gasteiger partial charge is 0.872 e. The monoisotopic (exact) mass is 386 g/mol. The van der Waals surface area contributed by atoms with Gasteiger partial charge in [0.1, 0.15) is 5.75 Å². The molecule has 0 spiro atoms. The predicted molar refractivity (Wildman–Crippen MR) is 101 cm³/mol. The number of carboxylic acids is 1. The van der Waals surface area contributed by atoms with Gasteiger partial charge in [-0.25, -0.2) is 4.79 Å². The van der Waals surface area contributed by atoms with Crippen LogP contribution in [0.3, 0.4) is 0 Å². The van der Waals surface area contributed by atoms with Crippen LogP contribution in [0.5, 0.6) is 11.5 Å². The summed E-state index contributed by atoms with van der Waals surface area (Å²) in [6, 6.07) is 10.9. The van der Waals surface area contributed by atoms with Crippen molar-refractivity contribution < 1.29 is 24.5 Å². The minimum atomic E-state index is -1.35. The molecule has 0 aliphatic carbocycles.